The van der Waals surface area contributed by atoms with E-state index in [0.29, 0.717) is 15.5 Å². The third-order valence-electron chi connectivity index (χ3n) is 6.25. The van der Waals surface area contributed by atoms with Gasteiger partial charge < -0.3 is 5.32 Å². The van der Waals surface area contributed by atoms with Crippen molar-refractivity contribution in [1.82, 2.24) is 4.98 Å². The molecule has 2 heterocycles. The summed E-state index contributed by atoms with van der Waals surface area (Å²) in [6.07, 6.45) is -1.07. The molecule has 182 valence electrons. The Morgan fingerprint density at radius 2 is 1.80 bits per heavy atom. The Balaban J connectivity index is 1.26. The predicted octanol–water partition coefficient (Wildman–Crippen LogP) is 5.73. The number of carbonyl (C=O) groups excluding carboxylic acids is 3. The fraction of sp³-hybridized carbons (Fsp3) is 0.333. The molecule has 11 heteroatoms. The minimum absolute atomic E-state index is 0.0324. The quantitative estimate of drug-likeness (QED) is 0.344. The number of anilines is 2. The van der Waals surface area contributed by atoms with Crippen LogP contribution in [0.25, 0.3) is 10.2 Å². The van der Waals surface area contributed by atoms with E-state index in [1.165, 1.54) is 28.4 Å². The first-order chi connectivity index (χ1) is 16.7. The lowest BCUT2D eigenvalue weighted by Crippen LogP contribution is -2.30. The fourth-order valence-corrected chi connectivity index (χ4v) is 6.51. The third kappa shape index (κ3) is 4.79. The van der Waals surface area contributed by atoms with Crippen molar-refractivity contribution in [2.24, 2.45) is 11.8 Å². The molecule has 5 rings (SSSR count). The third-order valence-corrected chi connectivity index (χ3v) is 8.41. The van der Waals surface area contributed by atoms with E-state index in [1.807, 2.05) is 0 Å². The van der Waals surface area contributed by atoms with Gasteiger partial charge in [0.15, 0.2) is 4.34 Å². The molecule has 2 aromatic carbocycles. The van der Waals surface area contributed by atoms with Crippen LogP contribution in [-0.2, 0) is 20.6 Å². The molecule has 2 fully saturated rings. The number of thioether (sulfide) groups is 1. The van der Waals surface area contributed by atoms with E-state index in [1.54, 1.807) is 18.2 Å². The predicted molar refractivity (Wildman–Crippen MR) is 128 cm³/mol. The molecule has 2 atom stereocenters. The maximum absolute atomic E-state index is 12.9. The van der Waals surface area contributed by atoms with E-state index < -0.39 is 17.6 Å². The number of nitrogens with zero attached hydrogens (tertiary/aromatic N) is 2. The number of amides is 3. The van der Waals surface area contributed by atoms with E-state index in [-0.39, 0.29) is 35.1 Å². The van der Waals surface area contributed by atoms with Crippen LogP contribution in [0, 0.1) is 11.8 Å². The first-order valence-electron chi connectivity index (χ1n) is 11.1. The number of imide groups is 1. The number of hydrogen-bond acceptors (Lipinski definition) is 6. The minimum Gasteiger partial charge on any atom is -0.325 e. The van der Waals surface area contributed by atoms with E-state index in [2.05, 4.69) is 10.3 Å². The summed E-state index contributed by atoms with van der Waals surface area (Å²) < 4.78 is 40.0. The van der Waals surface area contributed by atoms with Gasteiger partial charge in [-0.1, -0.05) is 30.7 Å². The Morgan fingerprint density at radius 3 is 2.49 bits per heavy atom. The van der Waals surface area contributed by atoms with Gasteiger partial charge in [-0.05, 0) is 49.2 Å². The summed E-state index contributed by atoms with van der Waals surface area (Å²) >= 11 is 2.49. The molecule has 0 bridgehead atoms. The molecule has 3 amide bonds. The van der Waals surface area contributed by atoms with Gasteiger partial charge in [0.2, 0.25) is 17.7 Å². The second-order valence-electron chi connectivity index (χ2n) is 8.56. The molecular weight excluding hydrogens is 499 g/mol. The molecule has 1 saturated heterocycles. The number of fused-ring (bicyclic) bond motifs is 2. The molecule has 1 aromatic heterocycles. The van der Waals surface area contributed by atoms with Crippen molar-refractivity contribution in [3.8, 4) is 0 Å². The van der Waals surface area contributed by atoms with Crippen molar-refractivity contribution in [3.05, 3.63) is 48.0 Å². The highest BCUT2D eigenvalue weighted by atomic mass is 32.2. The molecule has 35 heavy (non-hydrogen) atoms. The molecule has 3 aromatic rings. The molecule has 1 N–H and O–H groups in total. The lowest BCUT2D eigenvalue weighted by atomic mass is 9.81. The second kappa shape index (κ2) is 9.27. The van der Waals surface area contributed by atoms with Crippen LogP contribution in [-0.4, -0.2) is 28.5 Å². The van der Waals surface area contributed by atoms with Gasteiger partial charge in [-0.3, -0.25) is 19.3 Å². The number of carbonyl (C=O) groups is 3. The van der Waals surface area contributed by atoms with Crippen molar-refractivity contribution in [1.29, 1.82) is 0 Å². The SMILES string of the molecule is O=C(CSc1nc2ccc(N3C(=O)[C@H]4CCCC[C@H]4C3=O)cc2s1)Nc1cccc(C(F)(F)F)c1. The molecular formula is C24H20F3N3O3S2. The maximum Gasteiger partial charge on any atom is 0.416 e. The molecule has 0 radical (unpaired) electrons. The minimum atomic E-state index is -4.49. The normalized spacial score (nSPS) is 20.4. The fourth-order valence-electron chi connectivity index (χ4n) is 4.61. The van der Waals surface area contributed by atoms with E-state index >= 15 is 0 Å². The summed E-state index contributed by atoms with van der Waals surface area (Å²) in [6, 6.07) is 9.69. The van der Waals surface area contributed by atoms with Crippen molar-refractivity contribution < 1.29 is 27.6 Å². The van der Waals surface area contributed by atoms with E-state index in [4.69, 9.17) is 0 Å². The monoisotopic (exact) mass is 519 g/mol. The summed E-state index contributed by atoms with van der Waals surface area (Å²) in [5, 5.41) is 2.47. The van der Waals surface area contributed by atoms with Gasteiger partial charge in [0.25, 0.3) is 0 Å². The smallest absolute Gasteiger partial charge is 0.325 e. The molecule has 0 unspecified atom stereocenters. The Kier molecular flexibility index (Phi) is 6.30. The maximum atomic E-state index is 12.9. The number of alkyl halides is 3. The zero-order valence-electron chi connectivity index (χ0n) is 18.3. The summed E-state index contributed by atoms with van der Waals surface area (Å²) in [4.78, 5) is 43.8. The van der Waals surface area contributed by atoms with Gasteiger partial charge in [0.05, 0.1) is 39.1 Å². The molecule has 0 spiro atoms. The molecule has 6 nitrogen and oxygen atoms in total. The highest BCUT2D eigenvalue weighted by molar-refractivity contribution is 8.01. The van der Waals surface area contributed by atoms with Crippen LogP contribution in [0.1, 0.15) is 31.2 Å². The van der Waals surface area contributed by atoms with Gasteiger partial charge in [0.1, 0.15) is 0 Å². The van der Waals surface area contributed by atoms with Gasteiger partial charge in [-0.2, -0.15) is 13.2 Å². The number of benzene rings is 2. The molecule has 1 aliphatic carbocycles. The van der Waals surface area contributed by atoms with Crippen LogP contribution >= 0.6 is 23.1 Å². The van der Waals surface area contributed by atoms with E-state index in [9.17, 15) is 27.6 Å². The standard InChI is InChI=1S/C24H20F3N3O3S2/c25-24(26,27)13-4-3-5-14(10-13)28-20(31)12-34-23-29-18-9-8-15(11-19(18)35-23)30-21(32)16-6-1-2-7-17(16)22(30)33/h3-5,8-11,16-17H,1-2,6-7,12H2,(H,28,31)/t16-,17+. The van der Waals surface area contributed by atoms with Crippen LogP contribution < -0.4 is 10.2 Å². The van der Waals surface area contributed by atoms with Crippen molar-refractivity contribution in [2.75, 3.05) is 16.0 Å². The topological polar surface area (TPSA) is 79.4 Å². The summed E-state index contributed by atoms with van der Waals surface area (Å²) in [5.74, 6) is -1.21. The largest absolute Gasteiger partial charge is 0.416 e. The average Bonchev–Trinajstić information content (AvgIpc) is 3.35. The van der Waals surface area contributed by atoms with Crippen LogP contribution in [0.2, 0.25) is 0 Å². The number of hydrogen-bond donors (Lipinski definition) is 1. The van der Waals surface area contributed by atoms with Crippen LogP contribution in [0.3, 0.4) is 0 Å². The van der Waals surface area contributed by atoms with Gasteiger partial charge in [-0.25, -0.2) is 4.98 Å². The highest BCUT2D eigenvalue weighted by Gasteiger charge is 2.48. The Morgan fingerprint density at radius 1 is 1.09 bits per heavy atom. The average molecular weight is 520 g/mol. The molecule has 1 saturated carbocycles. The Labute approximate surface area is 206 Å². The lowest BCUT2D eigenvalue weighted by Gasteiger charge is -2.19. The first-order valence-corrected chi connectivity index (χ1v) is 12.9. The van der Waals surface area contributed by atoms with E-state index in [0.717, 1.165) is 54.3 Å². The molecule has 2 aliphatic rings. The van der Waals surface area contributed by atoms with Gasteiger partial charge in [-0.15, -0.1) is 11.3 Å². The van der Waals surface area contributed by atoms with Gasteiger partial charge in [0, 0.05) is 5.69 Å². The van der Waals surface area contributed by atoms with Crippen molar-refractivity contribution in [3.63, 3.8) is 0 Å². The number of rotatable bonds is 5. The van der Waals surface area contributed by atoms with Crippen molar-refractivity contribution in [2.45, 2.75) is 36.2 Å². The summed E-state index contributed by atoms with van der Waals surface area (Å²) in [6.45, 7) is 0. The zero-order chi connectivity index (χ0) is 24.7. The number of aromatic nitrogens is 1. The van der Waals surface area contributed by atoms with Crippen LogP contribution in [0.15, 0.2) is 46.8 Å². The lowest BCUT2D eigenvalue weighted by molar-refractivity contribution is -0.137. The number of nitrogens with one attached hydrogen (secondary N) is 1. The first kappa shape index (κ1) is 23.8. The van der Waals surface area contributed by atoms with Crippen LogP contribution in [0.4, 0.5) is 24.5 Å². The van der Waals surface area contributed by atoms with Crippen LogP contribution in [0.5, 0.6) is 0 Å². The van der Waals surface area contributed by atoms with Crippen molar-refractivity contribution >= 4 is 62.4 Å². The second-order valence-corrected chi connectivity index (χ2v) is 10.8. The summed E-state index contributed by atoms with van der Waals surface area (Å²) in [7, 11) is 0. The zero-order valence-corrected chi connectivity index (χ0v) is 19.9. The Bertz CT molecular complexity index is 1300. The summed E-state index contributed by atoms with van der Waals surface area (Å²) in [5.41, 5.74) is 0.444. The highest BCUT2D eigenvalue weighted by Crippen LogP contribution is 2.41. The van der Waals surface area contributed by atoms with Gasteiger partial charge >= 0.3 is 6.18 Å². The number of halogens is 3. The number of thiazole rings is 1. The Hall–Kier alpha value is -2.92. The molecule has 1 aliphatic heterocycles.